The summed E-state index contributed by atoms with van der Waals surface area (Å²) in [7, 11) is 0. The molecule has 2 aliphatic heterocycles. The van der Waals surface area contributed by atoms with E-state index >= 15 is 0 Å². The average Bonchev–Trinajstić information content (AvgIpc) is 3.28. The van der Waals surface area contributed by atoms with Crippen molar-refractivity contribution in [1.82, 2.24) is 0 Å². The predicted octanol–water partition coefficient (Wildman–Crippen LogP) is 16.2. The topological polar surface area (TPSA) is 9.72 Å². The van der Waals surface area contributed by atoms with E-state index in [0.717, 1.165) is 22.7 Å². The zero-order chi connectivity index (χ0) is 48.2. The van der Waals surface area contributed by atoms with Crippen molar-refractivity contribution in [1.29, 1.82) is 0 Å². The molecule has 0 saturated heterocycles. The van der Waals surface area contributed by atoms with Gasteiger partial charge in [-0.1, -0.05) is 186 Å². The Morgan fingerprint density at radius 2 is 0.897 bits per heavy atom. The van der Waals surface area contributed by atoms with E-state index in [1.165, 1.54) is 89.0 Å². The van der Waals surface area contributed by atoms with Crippen LogP contribution in [0.5, 0.6) is 0 Å². The molecule has 0 saturated carbocycles. The first-order chi connectivity index (χ1) is 32.1. The second kappa shape index (κ2) is 16.0. The average molecular weight is 890 g/mol. The van der Waals surface area contributed by atoms with Crippen LogP contribution in [0.3, 0.4) is 0 Å². The summed E-state index contributed by atoms with van der Waals surface area (Å²) in [5, 5.41) is 2.45. The van der Waals surface area contributed by atoms with E-state index in [1.54, 1.807) is 0 Å². The minimum atomic E-state index is -0.0488. The van der Waals surface area contributed by atoms with E-state index in [0.29, 0.717) is 0 Å². The summed E-state index contributed by atoms with van der Waals surface area (Å²) in [6, 6.07) is 60.9. The Morgan fingerprint density at radius 1 is 0.397 bits per heavy atom. The van der Waals surface area contributed by atoms with Crippen LogP contribution in [0.1, 0.15) is 116 Å². The number of nitrogens with zero attached hydrogens (tertiary/aromatic N) is 3. The maximum absolute atomic E-state index is 2.60. The third-order valence-corrected chi connectivity index (χ3v) is 14.6. The Morgan fingerprint density at radius 3 is 1.46 bits per heavy atom. The molecule has 0 fully saturated rings. The van der Waals surface area contributed by atoms with Gasteiger partial charge in [0.05, 0.1) is 11.4 Å². The van der Waals surface area contributed by atoms with Crippen LogP contribution in [0, 0.1) is 13.8 Å². The molecule has 10 rings (SSSR count). The van der Waals surface area contributed by atoms with Gasteiger partial charge in [-0.3, -0.25) is 0 Å². The Labute approximate surface area is 407 Å². The summed E-state index contributed by atoms with van der Waals surface area (Å²) < 4.78 is 0. The molecule has 0 unspecified atom stereocenters. The lowest BCUT2D eigenvalue weighted by atomic mass is 9.33. The minimum Gasteiger partial charge on any atom is -0.311 e. The first-order valence-electron chi connectivity index (χ1n) is 24.7. The lowest BCUT2D eigenvalue weighted by Crippen LogP contribution is -2.61. The fourth-order valence-electron chi connectivity index (χ4n) is 10.7. The van der Waals surface area contributed by atoms with Crippen molar-refractivity contribution in [3.63, 3.8) is 0 Å². The highest BCUT2D eigenvalue weighted by atomic mass is 15.2. The molecule has 2 aliphatic rings. The molecule has 0 radical (unpaired) electrons. The second-order valence-corrected chi connectivity index (χ2v) is 23.8. The third-order valence-electron chi connectivity index (χ3n) is 14.6. The molecule has 0 aliphatic carbocycles. The van der Waals surface area contributed by atoms with E-state index in [9.17, 15) is 0 Å². The Hall–Kier alpha value is -6.52. The highest BCUT2D eigenvalue weighted by Crippen LogP contribution is 2.50. The molecule has 4 heteroatoms. The van der Waals surface area contributed by atoms with Gasteiger partial charge < -0.3 is 14.7 Å². The van der Waals surface area contributed by atoms with Gasteiger partial charge in [0.2, 0.25) is 0 Å². The van der Waals surface area contributed by atoms with E-state index in [1.807, 2.05) is 0 Å². The Kier molecular flexibility index (Phi) is 10.7. The van der Waals surface area contributed by atoms with Crippen LogP contribution in [0.15, 0.2) is 158 Å². The lowest BCUT2D eigenvalue weighted by Gasteiger charge is -2.46. The van der Waals surface area contributed by atoms with Crippen LogP contribution >= 0.6 is 0 Å². The summed E-state index contributed by atoms with van der Waals surface area (Å²) in [4.78, 5) is 7.69. The van der Waals surface area contributed by atoms with Crippen LogP contribution in [0.25, 0.3) is 10.8 Å². The number of rotatable bonds is 5. The van der Waals surface area contributed by atoms with Crippen molar-refractivity contribution >= 4 is 85.1 Å². The number of hydrogen-bond acceptors (Lipinski definition) is 3. The van der Waals surface area contributed by atoms with Gasteiger partial charge in [0.25, 0.3) is 6.71 Å². The molecule has 8 aromatic carbocycles. The van der Waals surface area contributed by atoms with Crippen LogP contribution in [-0.4, -0.2) is 6.71 Å². The third kappa shape index (κ3) is 7.80. The molecule has 0 atom stereocenters. The van der Waals surface area contributed by atoms with Crippen LogP contribution in [0.2, 0.25) is 0 Å². The number of benzene rings is 8. The Balaban J connectivity index is 1.37. The molecule has 68 heavy (non-hydrogen) atoms. The first kappa shape index (κ1) is 45.3. The van der Waals surface area contributed by atoms with Crippen molar-refractivity contribution in [3.05, 3.63) is 191 Å². The quantitative estimate of drug-likeness (QED) is 0.159. The molecule has 0 amide bonds. The van der Waals surface area contributed by atoms with Gasteiger partial charge in [0, 0.05) is 45.2 Å². The molecule has 8 aromatic rings. The summed E-state index contributed by atoms with van der Waals surface area (Å²) in [5.74, 6) is 0. The monoisotopic (exact) mass is 890 g/mol. The molecule has 2 heterocycles. The van der Waals surface area contributed by atoms with Crippen LogP contribution in [0.4, 0.5) is 51.2 Å². The summed E-state index contributed by atoms with van der Waals surface area (Å²) in [6.45, 7) is 32.3. The fraction of sp³-hybridized carbons (Fsp3) is 0.281. The normalized spacial score (nSPS) is 13.6. The zero-order valence-electron chi connectivity index (χ0n) is 42.9. The molecule has 0 N–H and O–H groups in total. The van der Waals surface area contributed by atoms with Crippen molar-refractivity contribution in [2.45, 2.75) is 119 Å². The fourth-order valence-corrected chi connectivity index (χ4v) is 10.7. The summed E-state index contributed by atoms with van der Waals surface area (Å²) in [5.41, 5.74) is 22.3. The SMILES string of the molecule is Cc1ccc(N(c2ccc(C(C)(C)C)cc2)c2cc3c4c(c2)N(c2cccc5ccccc25)c2ccc(C(C)(C)C)cc2B4c2cc(C(C)(C)C)ccc2N3c2ccc(C(C)(C)C)cc2)c(C)c1. The molecule has 0 aromatic heterocycles. The predicted molar refractivity (Wildman–Crippen MR) is 297 cm³/mol. The number of hydrogen-bond donors (Lipinski definition) is 0. The van der Waals surface area contributed by atoms with E-state index in [-0.39, 0.29) is 28.4 Å². The standard InChI is InChI=1S/C64H68BN3/c1-41-22-33-54(42(2)36-41)66(48-29-23-44(24-30-48)61(3,4)5)50-39-58-60-59(40-50)68(55-21-17-19-43-18-15-16-20-51(43)55)57-35-28-47(64(12,13)14)38-53(57)65(60)52-37-46(63(9,10)11)27-34-56(52)67(58)49-31-25-45(26-32-49)62(6,7)8/h15-40H,1-14H3. The van der Waals surface area contributed by atoms with Crippen molar-refractivity contribution < 1.29 is 0 Å². The van der Waals surface area contributed by atoms with Gasteiger partial charge in [-0.15, -0.1) is 0 Å². The smallest absolute Gasteiger partial charge is 0.252 e. The zero-order valence-corrected chi connectivity index (χ0v) is 42.9. The van der Waals surface area contributed by atoms with Gasteiger partial charge in [-0.25, -0.2) is 0 Å². The summed E-state index contributed by atoms with van der Waals surface area (Å²) in [6.07, 6.45) is 0. The van der Waals surface area contributed by atoms with Crippen molar-refractivity contribution in [3.8, 4) is 0 Å². The van der Waals surface area contributed by atoms with Crippen molar-refractivity contribution in [2.24, 2.45) is 0 Å². The first-order valence-corrected chi connectivity index (χ1v) is 24.7. The lowest BCUT2D eigenvalue weighted by molar-refractivity contribution is 0.590. The largest absolute Gasteiger partial charge is 0.311 e. The summed E-state index contributed by atoms with van der Waals surface area (Å²) >= 11 is 0. The van der Waals surface area contributed by atoms with Gasteiger partial charge >= 0.3 is 0 Å². The van der Waals surface area contributed by atoms with Gasteiger partial charge in [-0.2, -0.15) is 0 Å². The highest BCUT2D eigenvalue weighted by Gasteiger charge is 2.45. The second-order valence-electron chi connectivity index (χ2n) is 23.8. The number of aryl methyl sites for hydroxylation is 2. The van der Waals surface area contributed by atoms with Gasteiger partial charge in [0.1, 0.15) is 0 Å². The van der Waals surface area contributed by atoms with Crippen molar-refractivity contribution in [2.75, 3.05) is 14.7 Å². The van der Waals surface area contributed by atoms with E-state index < -0.39 is 0 Å². The van der Waals surface area contributed by atoms with E-state index in [4.69, 9.17) is 0 Å². The Bertz CT molecular complexity index is 3240. The molecular weight excluding hydrogens is 822 g/mol. The van der Waals surface area contributed by atoms with E-state index in [2.05, 4.69) is 269 Å². The molecule has 0 spiro atoms. The maximum atomic E-state index is 2.60. The molecule has 3 nitrogen and oxygen atoms in total. The van der Waals surface area contributed by atoms with Gasteiger partial charge in [-0.05, 0) is 146 Å². The number of anilines is 9. The molecule has 342 valence electrons. The van der Waals surface area contributed by atoms with Crippen LogP contribution in [-0.2, 0) is 21.7 Å². The van der Waals surface area contributed by atoms with Gasteiger partial charge in [0.15, 0.2) is 0 Å². The minimum absolute atomic E-state index is 0.0203. The molecule has 0 bridgehead atoms. The molecular formula is C64H68BN3. The number of fused-ring (bicyclic) bond motifs is 5. The maximum Gasteiger partial charge on any atom is 0.252 e. The highest BCUT2D eigenvalue weighted by molar-refractivity contribution is 7.00. The van der Waals surface area contributed by atoms with Crippen LogP contribution < -0.4 is 31.1 Å².